The van der Waals surface area contributed by atoms with Crippen LogP contribution in [0.1, 0.15) is 12.4 Å². The van der Waals surface area contributed by atoms with Crippen molar-refractivity contribution in [3.05, 3.63) is 79.0 Å². The Morgan fingerprint density at radius 1 is 1.22 bits per heavy atom. The molecule has 0 bridgehead atoms. The molecule has 3 heterocycles. The number of aromatic nitrogens is 4. The van der Waals surface area contributed by atoms with E-state index in [1.807, 2.05) is 25.1 Å². The van der Waals surface area contributed by atoms with E-state index in [1.165, 1.54) is 17.0 Å². The number of morpholine rings is 1. The number of hydrogen-bond donors (Lipinski definition) is 2. The van der Waals surface area contributed by atoms with Crippen LogP contribution in [0.3, 0.4) is 0 Å². The predicted molar refractivity (Wildman–Crippen MR) is 160 cm³/mol. The zero-order valence-electron chi connectivity index (χ0n) is 28.1. The van der Waals surface area contributed by atoms with Crippen molar-refractivity contribution >= 4 is 28.9 Å². The van der Waals surface area contributed by atoms with E-state index in [4.69, 9.17) is 16.3 Å². The summed E-state index contributed by atoms with van der Waals surface area (Å²) in [5.74, 6) is 0.680. The Hall–Kier alpha value is -4.74. The molecule has 0 atom stereocenters. The summed E-state index contributed by atoms with van der Waals surface area (Å²) in [6, 6.07) is 3.17. The third kappa shape index (κ3) is 6.53. The second kappa shape index (κ2) is 12.6. The molecule has 1 amide bonds. The van der Waals surface area contributed by atoms with E-state index in [1.54, 1.807) is 25.4 Å². The van der Waals surface area contributed by atoms with E-state index >= 15 is 0 Å². The number of carbonyl (C=O) groups is 1. The van der Waals surface area contributed by atoms with Crippen LogP contribution in [0.25, 0.3) is 17.1 Å². The molecule has 5 rings (SSSR count). The van der Waals surface area contributed by atoms with Gasteiger partial charge in [-0.25, -0.2) is 9.67 Å². The first-order chi connectivity index (χ1) is 22.0. The summed E-state index contributed by atoms with van der Waals surface area (Å²) in [5.41, 5.74) is 2.69. The molecule has 11 heteroatoms. The molecule has 1 fully saturated rings. The Balaban J connectivity index is 1.54. The van der Waals surface area contributed by atoms with Gasteiger partial charge in [-0.05, 0) is 26.2 Å². The molecule has 212 valence electrons. The first kappa shape index (κ1) is 22.0. The molecule has 2 aromatic heterocycles. The molecule has 0 radical (unpaired) electrons. The number of benzene rings is 2. The molecule has 41 heavy (non-hydrogen) atoms. The summed E-state index contributed by atoms with van der Waals surface area (Å²) in [5, 5.41) is 10.7. The van der Waals surface area contributed by atoms with Crippen molar-refractivity contribution < 1.29 is 21.1 Å². The highest BCUT2D eigenvalue weighted by molar-refractivity contribution is 6.02. The first-order valence-corrected chi connectivity index (χ1v) is 12.9. The van der Waals surface area contributed by atoms with Crippen molar-refractivity contribution in [1.82, 2.24) is 24.6 Å². The number of amides is 1. The monoisotopic (exact) mass is 559 g/mol. The average molecular weight is 560 g/mol. The number of hydrogen-bond acceptors (Lipinski definition) is 9. The number of methoxy groups -OCH3 is 1. The van der Waals surface area contributed by atoms with Gasteiger partial charge in [0, 0.05) is 55.3 Å². The number of nitrogens with one attached hydrogen (secondary N) is 2. The minimum atomic E-state index is -0.473. The molecule has 1 saturated heterocycles. The quantitative estimate of drug-likeness (QED) is 0.278. The fourth-order valence-electron chi connectivity index (χ4n) is 4.41. The van der Waals surface area contributed by atoms with Gasteiger partial charge in [-0.2, -0.15) is 10.1 Å². The molecular formula is C30H34N8O3. The highest BCUT2D eigenvalue weighted by Gasteiger charge is 2.20. The number of nitrogens with zero attached hydrogens (tertiary/aromatic N) is 6. The van der Waals surface area contributed by atoms with E-state index in [2.05, 4.69) is 37.2 Å². The molecule has 0 saturated carbocycles. The van der Waals surface area contributed by atoms with Gasteiger partial charge in [-0.3, -0.25) is 4.79 Å². The third-order valence-electron chi connectivity index (χ3n) is 6.25. The van der Waals surface area contributed by atoms with Crippen molar-refractivity contribution in [3.8, 4) is 22.8 Å². The smallest absolute Gasteiger partial charge is 0.247 e. The van der Waals surface area contributed by atoms with E-state index in [-0.39, 0.29) is 35.2 Å². The van der Waals surface area contributed by atoms with E-state index in [0.29, 0.717) is 61.4 Å². The Kier molecular flexibility index (Phi) is 6.78. The van der Waals surface area contributed by atoms with E-state index in [0.717, 1.165) is 5.69 Å². The summed E-state index contributed by atoms with van der Waals surface area (Å²) >= 11 is 0. The SMILES string of the molecule is [2H]c1c([2H])c([2H])c(-c2nn(-c3ccnc(Nc4cc(NC(=O)C=C)c(N5CCOCC5)cc4OC)n3)cc2CN(C)C)c([2H])c1[2H]. The van der Waals surface area contributed by atoms with Crippen molar-refractivity contribution in [2.24, 2.45) is 0 Å². The van der Waals surface area contributed by atoms with Crippen LogP contribution in [-0.2, 0) is 16.1 Å². The standard InChI is InChI=1S/C30H34N8O3/c1-5-28(39)32-23-17-24(26(40-4)18-25(23)37-13-15-41-16-14-37)33-30-31-12-11-27(34-30)38-20-22(19-36(2)3)29(35-38)21-9-7-6-8-10-21/h5-12,17-18,20H,1,13-16,19H2,2-4H3,(H,32,39)(H,31,33,34)/i6D,7D,8D,9D,10D. The predicted octanol–water partition coefficient (Wildman–Crippen LogP) is 4.10. The average Bonchev–Trinajstić information content (AvgIpc) is 3.46. The molecule has 1 aliphatic rings. The van der Waals surface area contributed by atoms with Crippen molar-refractivity contribution in [2.75, 3.05) is 63.0 Å². The maximum atomic E-state index is 12.3. The molecule has 4 aromatic rings. The molecular weight excluding hydrogens is 520 g/mol. The van der Waals surface area contributed by atoms with Crippen LogP contribution in [0.4, 0.5) is 23.0 Å². The highest BCUT2D eigenvalue weighted by Crippen LogP contribution is 2.38. The third-order valence-corrected chi connectivity index (χ3v) is 6.25. The van der Waals surface area contributed by atoms with Gasteiger partial charge in [0.2, 0.25) is 11.9 Å². The number of ether oxygens (including phenoxy) is 2. The second-order valence-corrected chi connectivity index (χ2v) is 9.41. The van der Waals surface area contributed by atoms with Crippen molar-refractivity contribution in [3.63, 3.8) is 0 Å². The lowest BCUT2D eigenvalue weighted by atomic mass is 10.1. The van der Waals surface area contributed by atoms with Crippen LogP contribution in [0, 0.1) is 0 Å². The van der Waals surface area contributed by atoms with Gasteiger partial charge >= 0.3 is 0 Å². The van der Waals surface area contributed by atoms with Crippen LogP contribution in [0.5, 0.6) is 5.75 Å². The second-order valence-electron chi connectivity index (χ2n) is 9.41. The Bertz CT molecular complexity index is 1760. The van der Waals surface area contributed by atoms with Gasteiger partial charge in [-0.15, -0.1) is 0 Å². The number of carbonyl (C=O) groups excluding carboxylic acids is 1. The van der Waals surface area contributed by atoms with E-state index < -0.39 is 18.1 Å². The molecule has 0 aliphatic carbocycles. The lowest BCUT2D eigenvalue weighted by molar-refractivity contribution is -0.111. The molecule has 0 spiro atoms. The van der Waals surface area contributed by atoms with Crippen LogP contribution in [0.2, 0.25) is 0 Å². The Morgan fingerprint density at radius 2 is 2.00 bits per heavy atom. The first-order valence-electron chi connectivity index (χ1n) is 15.4. The molecule has 11 nitrogen and oxygen atoms in total. The van der Waals surface area contributed by atoms with Gasteiger partial charge in [0.05, 0.1) is 49.9 Å². The normalized spacial score (nSPS) is 14.9. The minimum Gasteiger partial charge on any atom is -0.494 e. The van der Waals surface area contributed by atoms with Gasteiger partial charge in [0.15, 0.2) is 5.82 Å². The molecule has 1 aliphatic heterocycles. The van der Waals surface area contributed by atoms with Crippen LogP contribution in [0.15, 0.2) is 73.5 Å². The van der Waals surface area contributed by atoms with Crippen molar-refractivity contribution in [2.45, 2.75) is 6.54 Å². The number of anilines is 4. The lowest BCUT2D eigenvalue weighted by Gasteiger charge is -2.31. The fourth-order valence-corrected chi connectivity index (χ4v) is 4.41. The molecule has 2 aromatic carbocycles. The molecule has 0 unspecified atom stereocenters. The lowest BCUT2D eigenvalue weighted by Crippen LogP contribution is -2.36. The van der Waals surface area contributed by atoms with Crippen LogP contribution in [-0.4, -0.2) is 78.1 Å². The Labute approximate surface area is 246 Å². The summed E-state index contributed by atoms with van der Waals surface area (Å²) in [4.78, 5) is 25.3. The highest BCUT2D eigenvalue weighted by atomic mass is 16.5. The zero-order valence-corrected chi connectivity index (χ0v) is 23.1. The molecule has 2 N–H and O–H groups in total. The van der Waals surface area contributed by atoms with Gasteiger partial charge in [-0.1, -0.05) is 36.8 Å². The summed E-state index contributed by atoms with van der Waals surface area (Å²) < 4.78 is 53.9. The van der Waals surface area contributed by atoms with Crippen molar-refractivity contribution in [1.29, 1.82) is 0 Å². The largest absolute Gasteiger partial charge is 0.494 e. The van der Waals surface area contributed by atoms with Gasteiger partial charge < -0.3 is 29.9 Å². The van der Waals surface area contributed by atoms with Crippen LogP contribution < -0.4 is 20.3 Å². The summed E-state index contributed by atoms with van der Waals surface area (Å²) in [7, 11) is 5.26. The fraction of sp³-hybridized carbons (Fsp3) is 0.267. The zero-order chi connectivity index (χ0) is 33.1. The van der Waals surface area contributed by atoms with Crippen LogP contribution >= 0.6 is 0 Å². The van der Waals surface area contributed by atoms with Gasteiger partial charge in [0.1, 0.15) is 5.75 Å². The summed E-state index contributed by atoms with van der Waals surface area (Å²) in [6.45, 7) is 6.34. The minimum absolute atomic E-state index is 0.00759. The maximum absolute atomic E-state index is 12.3. The van der Waals surface area contributed by atoms with E-state index in [9.17, 15) is 4.79 Å². The summed E-state index contributed by atoms with van der Waals surface area (Å²) in [6.07, 6.45) is 4.44. The van der Waals surface area contributed by atoms with Gasteiger partial charge in [0.25, 0.3) is 0 Å². The number of rotatable bonds is 10. The topological polar surface area (TPSA) is 110 Å². The maximum Gasteiger partial charge on any atom is 0.247 e. The Morgan fingerprint density at radius 3 is 2.71 bits per heavy atom.